The number of para-hydroxylation sites is 1. The number of rotatable bonds is 4. The van der Waals surface area contributed by atoms with Crippen LogP contribution in [0, 0.1) is 6.92 Å². The smallest absolute Gasteiger partial charge is 0.208 e. The number of hydrogen-bond donors (Lipinski definition) is 1. The molecule has 4 heteroatoms. The molecule has 2 aromatic rings. The summed E-state index contributed by atoms with van der Waals surface area (Å²) in [5.41, 5.74) is 2.13. The second-order valence-electron chi connectivity index (χ2n) is 5.40. The van der Waals surface area contributed by atoms with Gasteiger partial charge in [-0.2, -0.15) is 0 Å². The Morgan fingerprint density at radius 2 is 2.15 bits per heavy atom. The SMILES string of the molecule is Cc1cn(-c2ccccc2)c(NC(C)C2CCCO2)n1. The number of nitrogens with zero attached hydrogens (tertiary/aromatic N) is 2. The molecule has 106 valence electrons. The van der Waals surface area contributed by atoms with E-state index in [9.17, 15) is 0 Å². The zero-order chi connectivity index (χ0) is 13.9. The van der Waals surface area contributed by atoms with Gasteiger partial charge in [-0.05, 0) is 38.8 Å². The lowest BCUT2D eigenvalue weighted by atomic mass is 10.1. The maximum absolute atomic E-state index is 5.74. The van der Waals surface area contributed by atoms with E-state index in [-0.39, 0.29) is 12.1 Å². The van der Waals surface area contributed by atoms with Gasteiger partial charge in [0.15, 0.2) is 0 Å². The van der Waals surface area contributed by atoms with Crippen LogP contribution in [0.5, 0.6) is 0 Å². The van der Waals surface area contributed by atoms with Crippen LogP contribution in [0.15, 0.2) is 36.5 Å². The van der Waals surface area contributed by atoms with Crippen molar-refractivity contribution < 1.29 is 4.74 Å². The Bertz CT molecular complexity index is 558. The van der Waals surface area contributed by atoms with Crippen LogP contribution in [0.25, 0.3) is 5.69 Å². The number of aryl methyl sites for hydroxylation is 1. The largest absolute Gasteiger partial charge is 0.376 e. The molecule has 1 aliphatic heterocycles. The summed E-state index contributed by atoms with van der Waals surface area (Å²) in [6.45, 7) is 5.06. The average Bonchev–Trinajstić information content (AvgIpc) is 3.09. The van der Waals surface area contributed by atoms with E-state index < -0.39 is 0 Å². The summed E-state index contributed by atoms with van der Waals surface area (Å²) in [6, 6.07) is 10.5. The van der Waals surface area contributed by atoms with Gasteiger partial charge < -0.3 is 10.1 Å². The first-order valence-electron chi connectivity index (χ1n) is 7.23. The van der Waals surface area contributed by atoms with Crippen LogP contribution >= 0.6 is 0 Å². The van der Waals surface area contributed by atoms with Crippen molar-refractivity contribution in [1.29, 1.82) is 0 Å². The zero-order valence-corrected chi connectivity index (χ0v) is 12.0. The first kappa shape index (κ1) is 13.2. The normalized spacial score (nSPS) is 20.0. The molecule has 0 saturated carbocycles. The summed E-state index contributed by atoms with van der Waals surface area (Å²) >= 11 is 0. The predicted molar refractivity (Wildman–Crippen MR) is 80.4 cm³/mol. The highest BCUT2D eigenvalue weighted by Crippen LogP contribution is 2.21. The van der Waals surface area contributed by atoms with Gasteiger partial charge in [0.2, 0.25) is 5.95 Å². The van der Waals surface area contributed by atoms with Crippen LogP contribution in [-0.2, 0) is 4.74 Å². The van der Waals surface area contributed by atoms with Crippen molar-refractivity contribution in [3.05, 3.63) is 42.2 Å². The number of nitrogens with one attached hydrogen (secondary N) is 1. The van der Waals surface area contributed by atoms with Crippen LogP contribution in [-0.4, -0.2) is 28.3 Å². The van der Waals surface area contributed by atoms with Crippen LogP contribution in [0.2, 0.25) is 0 Å². The summed E-state index contributed by atoms with van der Waals surface area (Å²) in [7, 11) is 0. The number of benzene rings is 1. The standard InChI is InChI=1S/C16H21N3O/c1-12-11-19(14-7-4-3-5-8-14)16(17-12)18-13(2)15-9-6-10-20-15/h3-5,7-8,11,13,15H,6,9-10H2,1-2H3,(H,17,18). The molecule has 0 bridgehead atoms. The minimum absolute atomic E-state index is 0.266. The molecular weight excluding hydrogens is 250 g/mol. The summed E-state index contributed by atoms with van der Waals surface area (Å²) in [5, 5.41) is 3.50. The Labute approximate surface area is 119 Å². The van der Waals surface area contributed by atoms with E-state index in [4.69, 9.17) is 4.74 Å². The third-order valence-electron chi connectivity index (χ3n) is 3.74. The first-order chi connectivity index (χ1) is 9.74. The molecule has 1 fully saturated rings. The minimum atomic E-state index is 0.266. The average molecular weight is 271 g/mol. The van der Waals surface area contributed by atoms with Crippen molar-refractivity contribution in [3.63, 3.8) is 0 Å². The Morgan fingerprint density at radius 1 is 1.35 bits per heavy atom. The monoisotopic (exact) mass is 271 g/mol. The molecule has 2 heterocycles. The molecule has 1 aliphatic rings. The van der Waals surface area contributed by atoms with E-state index in [0.717, 1.165) is 36.8 Å². The molecule has 20 heavy (non-hydrogen) atoms. The van der Waals surface area contributed by atoms with Crippen LogP contribution in [0.4, 0.5) is 5.95 Å². The summed E-state index contributed by atoms with van der Waals surface area (Å²) in [5.74, 6) is 0.886. The molecule has 0 spiro atoms. The second-order valence-corrected chi connectivity index (χ2v) is 5.40. The third kappa shape index (κ3) is 2.70. The highest BCUT2D eigenvalue weighted by atomic mass is 16.5. The van der Waals surface area contributed by atoms with E-state index >= 15 is 0 Å². The molecule has 0 amide bonds. The highest BCUT2D eigenvalue weighted by Gasteiger charge is 2.23. The number of imidazole rings is 1. The minimum Gasteiger partial charge on any atom is -0.376 e. The molecule has 3 rings (SSSR count). The lowest BCUT2D eigenvalue weighted by molar-refractivity contribution is 0.0994. The molecule has 1 saturated heterocycles. The fraction of sp³-hybridized carbons (Fsp3) is 0.438. The van der Waals surface area contributed by atoms with E-state index in [1.54, 1.807) is 0 Å². The molecule has 1 aromatic carbocycles. The first-order valence-corrected chi connectivity index (χ1v) is 7.23. The van der Waals surface area contributed by atoms with Gasteiger partial charge in [-0.1, -0.05) is 18.2 Å². The third-order valence-corrected chi connectivity index (χ3v) is 3.74. The van der Waals surface area contributed by atoms with Crippen molar-refractivity contribution in [1.82, 2.24) is 9.55 Å². The van der Waals surface area contributed by atoms with Crippen LogP contribution in [0.3, 0.4) is 0 Å². The maximum Gasteiger partial charge on any atom is 0.208 e. The Morgan fingerprint density at radius 3 is 2.85 bits per heavy atom. The molecule has 0 radical (unpaired) electrons. The number of ether oxygens (including phenoxy) is 1. The van der Waals surface area contributed by atoms with Gasteiger partial charge in [0.25, 0.3) is 0 Å². The Hall–Kier alpha value is -1.81. The van der Waals surface area contributed by atoms with E-state index in [1.165, 1.54) is 0 Å². The molecule has 2 unspecified atom stereocenters. The van der Waals surface area contributed by atoms with Gasteiger partial charge in [-0.15, -0.1) is 0 Å². The summed E-state index contributed by atoms with van der Waals surface area (Å²) < 4.78 is 7.84. The predicted octanol–water partition coefficient (Wildman–Crippen LogP) is 3.16. The van der Waals surface area contributed by atoms with Crippen LogP contribution < -0.4 is 5.32 Å². The van der Waals surface area contributed by atoms with Gasteiger partial charge in [0.05, 0.1) is 17.8 Å². The highest BCUT2D eigenvalue weighted by molar-refractivity contribution is 5.43. The summed E-state index contributed by atoms with van der Waals surface area (Å²) in [4.78, 5) is 4.59. The molecule has 1 aromatic heterocycles. The number of aromatic nitrogens is 2. The summed E-state index contributed by atoms with van der Waals surface area (Å²) in [6.07, 6.45) is 4.62. The van der Waals surface area contributed by atoms with Gasteiger partial charge in [0.1, 0.15) is 0 Å². The quantitative estimate of drug-likeness (QED) is 0.928. The Kier molecular flexibility index (Phi) is 3.74. The van der Waals surface area contributed by atoms with Gasteiger partial charge in [-0.3, -0.25) is 4.57 Å². The molecule has 2 atom stereocenters. The van der Waals surface area contributed by atoms with Crippen LogP contribution in [0.1, 0.15) is 25.5 Å². The van der Waals surface area contributed by atoms with Crippen molar-refractivity contribution in [3.8, 4) is 5.69 Å². The zero-order valence-electron chi connectivity index (χ0n) is 12.0. The van der Waals surface area contributed by atoms with Gasteiger partial charge in [-0.25, -0.2) is 4.98 Å². The van der Waals surface area contributed by atoms with Gasteiger partial charge in [0, 0.05) is 18.5 Å². The number of anilines is 1. The van der Waals surface area contributed by atoms with Crippen molar-refractivity contribution in [2.75, 3.05) is 11.9 Å². The topological polar surface area (TPSA) is 39.1 Å². The molecule has 0 aliphatic carbocycles. The van der Waals surface area contributed by atoms with E-state index in [2.05, 4.69) is 40.1 Å². The van der Waals surface area contributed by atoms with E-state index in [0.29, 0.717) is 0 Å². The fourth-order valence-corrected chi connectivity index (χ4v) is 2.68. The molecule has 4 nitrogen and oxygen atoms in total. The number of hydrogen-bond acceptors (Lipinski definition) is 3. The van der Waals surface area contributed by atoms with Crippen molar-refractivity contribution in [2.24, 2.45) is 0 Å². The Balaban J connectivity index is 1.82. The lowest BCUT2D eigenvalue weighted by Crippen LogP contribution is -2.31. The van der Waals surface area contributed by atoms with Crippen molar-refractivity contribution >= 4 is 5.95 Å². The second kappa shape index (κ2) is 5.67. The van der Waals surface area contributed by atoms with Crippen molar-refractivity contribution in [2.45, 2.75) is 38.8 Å². The maximum atomic E-state index is 5.74. The lowest BCUT2D eigenvalue weighted by Gasteiger charge is -2.21. The fourth-order valence-electron chi connectivity index (χ4n) is 2.68. The molecular formula is C16H21N3O. The molecule has 1 N–H and O–H groups in total. The van der Waals surface area contributed by atoms with E-state index in [1.807, 2.05) is 25.1 Å². The van der Waals surface area contributed by atoms with Gasteiger partial charge >= 0.3 is 0 Å².